The molecule has 0 aromatic heterocycles. The molecule has 2 atom stereocenters. The number of nitrogens with one attached hydrogen (secondary N) is 1. The van der Waals surface area contributed by atoms with Crippen LogP contribution < -0.4 is 5.32 Å². The lowest BCUT2D eigenvalue weighted by Crippen LogP contribution is -2.29. The third kappa shape index (κ3) is 1.13. The Morgan fingerprint density at radius 2 is 2.55 bits per heavy atom. The summed E-state index contributed by atoms with van der Waals surface area (Å²) in [7, 11) is 0. The van der Waals surface area contributed by atoms with Gasteiger partial charge in [-0.2, -0.15) is 0 Å². The fourth-order valence-electron chi connectivity index (χ4n) is 1.83. The predicted octanol–water partition coefficient (Wildman–Crippen LogP) is 0.174. The maximum absolute atomic E-state index is 11.2. The Morgan fingerprint density at radius 1 is 1.73 bits per heavy atom. The van der Waals surface area contributed by atoms with E-state index in [-0.39, 0.29) is 5.91 Å². The van der Waals surface area contributed by atoms with Crippen molar-refractivity contribution in [1.29, 1.82) is 0 Å². The van der Waals surface area contributed by atoms with E-state index in [1.54, 1.807) is 0 Å². The van der Waals surface area contributed by atoms with Gasteiger partial charge in [-0.25, -0.2) is 0 Å². The Balaban J connectivity index is 1.91. The molecule has 1 saturated heterocycles. The van der Waals surface area contributed by atoms with Crippen LogP contribution in [0.15, 0.2) is 0 Å². The molecule has 1 N–H and O–H groups in total. The minimum absolute atomic E-state index is 0.283. The lowest BCUT2D eigenvalue weighted by molar-refractivity contribution is -0.127. The summed E-state index contributed by atoms with van der Waals surface area (Å²) >= 11 is 0. The molecule has 1 aliphatic heterocycles. The average Bonchev–Trinajstić information content (AvgIpc) is 2.68. The third-order valence-corrected chi connectivity index (χ3v) is 2.69. The Morgan fingerprint density at radius 3 is 3.00 bits per heavy atom. The molecule has 0 aromatic rings. The molecule has 0 spiro atoms. The molecular formula is C8H14N2O. The van der Waals surface area contributed by atoms with Crippen molar-refractivity contribution >= 4 is 5.91 Å². The topological polar surface area (TPSA) is 32.3 Å². The summed E-state index contributed by atoms with van der Waals surface area (Å²) in [5, 5.41) is 3.06. The van der Waals surface area contributed by atoms with E-state index in [1.165, 1.54) is 12.8 Å². The summed E-state index contributed by atoms with van der Waals surface area (Å²) in [5.41, 5.74) is 0. The first kappa shape index (κ1) is 7.10. The molecule has 1 saturated carbocycles. The van der Waals surface area contributed by atoms with E-state index in [4.69, 9.17) is 0 Å². The van der Waals surface area contributed by atoms with Gasteiger partial charge in [0.2, 0.25) is 5.91 Å². The van der Waals surface area contributed by atoms with Crippen molar-refractivity contribution in [2.24, 2.45) is 5.92 Å². The Bertz CT molecular complexity index is 181. The summed E-state index contributed by atoms with van der Waals surface area (Å²) < 4.78 is 0. The summed E-state index contributed by atoms with van der Waals surface area (Å²) in [5.74, 6) is 1.07. The second kappa shape index (κ2) is 2.48. The number of carbonyl (C=O) groups is 1. The van der Waals surface area contributed by atoms with Crippen molar-refractivity contribution in [3.8, 4) is 0 Å². The number of hydrogen-bond donors (Lipinski definition) is 1. The van der Waals surface area contributed by atoms with Crippen LogP contribution in [-0.4, -0.2) is 30.1 Å². The number of carbonyl (C=O) groups excluding carboxylic acids is 1. The largest absolute Gasteiger partial charge is 0.326 e. The fourth-order valence-corrected chi connectivity index (χ4v) is 1.83. The van der Waals surface area contributed by atoms with E-state index in [0.29, 0.717) is 12.6 Å². The maximum atomic E-state index is 11.2. The molecule has 0 radical (unpaired) electrons. The summed E-state index contributed by atoms with van der Waals surface area (Å²) in [6, 6.07) is 0.572. The van der Waals surface area contributed by atoms with Crippen LogP contribution in [0.25, 0.3) is 0 Å². The first-order valence-electron chi connectivity index (χ1n) is 4.33. The lowest BCUT2D eigenvalue weighted by atomic mass is 10.3. The van der Waals surface area contributed by atoms with Gasteiger partial charge in [-0.15, -0.1) is 0 Å². The number of amides is 1. The second-order valence-electron chi connectivity index (χ2n) is 3.42. The van der Waals surface area contributed by atoms with Crippen molar-refractivity contribution in [2.75, 3.05) is 13.2 Å². The first-order valence-corrected chi connectivity index (χ1v) is 4.33. The Kier molecular flexibility index (Phi) is 1.60. The van der Waals surface area contributed by atoms with Crippen LogP contribution in [-0.2, 0) is 4.79 Å². The van der Waals surface area contributed by atoms with Crippen LogP contribution in [0.5, 0.6) is 0 Å². The SMILES string of the molecule is CCC1CC1N1CNCC1=O. The summed E-state index contributed by atoms with van der Waals surface area (Å²) in [6.07, 6.45) is 2.44. The van der Waals surface area contributed by atoms with E-state index >= 15 is 0 Å². The third-order valence-electron chi connectivity index (χ3n) is 2.69. The van der Waals surface area contributed by atoms with E-state index in [1.807, 2.05) is 4.90 Å². The molecule has 3 heteroatoms. The number of nitrogens with zero attached hydrogens (tertiary/aromatic N) is 1. The van der Waals surface area contributed by atoms with Crippen molar-refractivity contribution in [3.05, 3.63) is 0 Å². The van der Waals surface area contributed by atoms with Crippen LogP contribution in [0.2, 0.25) is 0 Å². The van der Waals surface area contributed by atoms with Crippen LogP contribution in [0, 0.1) is 5.92 Å². The molecule has 2 fully saturated rings. The van der Waals surface area contributed by atoms with Gasteiger partial charge in [0.1, 0.15) is 0 Å². The minimum Gasteiger partial charge on any atom is -0.326 e. The standard InChI is InChI=1S/C8H14N2O/c1-2-6-3-7(6)10-5-9-4-8(10)11/h6-7,9H,2-5H2,1H3. The van der Waals surface area contributed by atoms with Gasteiger partial charge in [0.25, 0.3) is 0 Å². The molecule has 2 aliphatic rings. The molecule has 3 nitrogen and oxygen atoms in total. The van der Waals surface area contributed by atoms with Crippen molar-refractivity contribution in [2.45, 2.75) is 25.8 Å². The average molecular weight is 154 g/mol. The highest BCUT2D eigenvalue weighted by molar-refractivity contribution is 5.80. The smallest absolute Gasteiger partial charge is 0.237 e. The van der Waals surface area contributed by atoms with Gasteiger partial charge in [0.05, 0.1) is 13.2 Å². The van der Waals surface area contributed by atoms with E-state index in [0.717, 1.165) is 12.6 Å². The minimum atomic E-state index is 0.283. The highest BCUT2D eigenvalue weighted by Gasteiger charge is 2.43. The molecule has 1 aliphatic carbocycles. The number of hydrogen-bond acceptors (Lipinski definition) is 2. The van der Waals surface area contributed by atoms with E-state index in [2.05, 4.69) is 12.2 Å². The van der Waals surface area contributed by atoms with Gasteiger partial charge >= 0.3 is 0 Å². The molecule has 1 amide bonds. The maximum Gasteiger partial charge on any atom is 0.237 e. The predicted molar refractivity (Wildman–Crippen MR) is 41.9 cm³/mol. The summed E-state index contributed by atoms with van der Waals surface area (Å²) in [6.45, 7) is 3.52. The van der Waals surface area contributed by atoms with Gasteiger partial charge in [0, 0.05) is 6.04 Å². The zero-order valence-electron chi connectivity index (χ0n) is 6.84. The molecule has 2 rings (SSSR count). The second-order valence-corrected chi connectivity index (χ2v) is 3.42. The fraction of sp³-hybridized carbons (Fsp3) is 0.875. The van der Waals surface area contributed by atoms with Gasteiger partial charge in [-0.3, -0.25) is 10.1 Å². The molecule has 11 heavy (non-hydrogen) atoms. The van der Waals surface area contributed by atoms with Gasteiger partial charge in [-0.05, 0) is 12.3 Å². The summed E-state index contributed by atoms with van der Waals surface area (Å²) in [4.78, 5) is 13.2. The first-order chi connectivity index (χ1) is 5.33. The Hall–Kier alpha value is -0.570. The molecule has 0 aromatic carbocycles. The van der Waals surface area contributed by atoms with E-state index < -0.39 is 0 Å². The molecule has 2 unspecified atom stereocenters. The molecule has 62 valence electrons. The van der Waals surface area contributed by atoms with Gasteiger partial charge in [0.15, 0.2) is 0 Å². The van der Waals surface area contributed by atoms with Gasteiger partial charge < -0.3 is 4.90 Å². The van der Waals surface area contributed by atoms with Crippen LogP contribution in [0.4, 0.5) is 0 Å². The van der Waals surface area contributed by atoms with E-state index in [9.17, 15) is 4.79 Å². The highest BCUT2D eigenvalue weighted by atomic mass is 16.2. The van der Waals surface area contributed by atoms with Crippen LogP contribution in [0.1, 0.15) is 19.8 Å². The molecular weight excluding hydrogens is 140 g/mol. The normalized spacial score (nSPS) is 36.5. The number of rotatable bonds is 2. The lowest BCUT2D eigenvalue weighted by Gasteiger charge is -2.13. The van der Waals surface area contributed by atoms with Crippen molar-refractivity contribution in [3.63, 3.8) is 0 Å². The highest BCUT2D eigenvalue weighted by Crippen LogP contribution is 2.38. The quantitative estimate of drug-likeness (QED) is 0.615. The van der Waals surface area contributed by atoms with Crippen LogP contribution in [0.3, 0.4) is 0 Å². The molecule has 0 bridgehead atoms. The zero-order valence-corrected chi connectivity index (χ0v) is 6.84. The Labute approximate surface area is 66.8 Å². The van der Waals surface area contributed by atoms with Crippen molar-refractivity contribution in [1.82, 2.24) is 10.2 Å². The van der Waals surface area contributed by atoms with Crippen molar-refractivity contribution < 1.29 is 4.79 Å². The van der Waals surface area contributed by atoms with Crippen LogP contribution >= 0.6 is 0 Å². The zero-order chi connectivity index (χ0) is 7.84. The van der Waals surface area contributed by atoms with Gasteiger partial charge in [-0.1, -0.05) is 13.3 Å². The molecule has 1 heterocycles. The monoisotopic (exact) mass is 154 g/mol.